The first-order chi connectivity index (χ1) is 10.2. The van der Waals surface area contributed by atoms with Gasteiger partial charge in [0.1, 0.15) is 0 Å². The molecule has 2 aromatic rings. The van der Waals surface area contributed by atoms with E-state index in [1.165, 1.54) is 48.2 Å². The van der Waals surface area contributed by atoms with Crippen LogP contribution >= 0.6 is 0 Å². The number of pyridine rings is 1. The Hall–Kier alpha value is -1.83. The number of aromatic nitrogens is 1. The SMILES string of the molecule is Cc1ccccc1N1C(C)c2ncccc2C12CCCC2. The minimum atomic E-state index is 0.176. The highest BCUT2D eigenvalue weighted by Crippen LogP contribution is 2.55. The van der Waals surface area contributed by atoms with Crippen LogP contribution in [0.5, 0.6) is 0 Å². The Bertz CT molecular complexity index is 671. The molecule has 4 rings (SSSR count). The van der Waals surface area contributed by atoms with E-state index in [4.69, 9.17) is 4.98 Å². The molecule has 2 heterocycles. The molecule has 1 atom stereocenters. The number of nitrogens with zero attached hydrogens (tertiary/aromatic N) is 2. The first-order valence-electron chi connectivity index (χ1n) is 8.04. The van der Waals surface area contributed by atoms with Gasteiger partial charge in [-0.1, -0.05) is 37.1 Å². The van der Waals surface area contributed by atoms with Crippen LogP contribution in [0.25, 0.3) is 0 Å². The van der Waals surface area contributed by atoms with Crippen molar-refractivity contribution in [2.24, 2.45) is 0 Å². The molecule has 1 aromatic heterocycles. The molecule has 0 radical (unpaired) electrons. The highest BCUT2D eigenvalue weighted by Gasteiger charge is 2.51. The smallest absolute Gasteiger partial charge is 0.0698 e. The Labute approximate surface area is 126 Å². The van der Waals surface area contributed by atoms with E-state index in [0.717, 1.165) is 0 Å². The van der Waals surface area contributed by atoms with Crippen molar-refractivity contribution in [2.45, 2.75) is 51.1 Å². The van der Waals surface area contributed by atoms with Crippen molar-refractivity contribution in [3.63, 3.8) is 0 Å². The molecule has 1 aliphatic heterocycles. The molecule has 2 heteroatoms. The Morgan fingerprint density at radius 3 is 2.62 bits per heavy atom. The van der Waals surface area contributed by atoms with Crippen LogP contribution in [0.2, 0.25) is 0 Å². The van der Waals surface area contributed by atoms with Gasteiger partial charge in [-0.3, -0.25) is 4.98 Å². The fourth-order valence-corrected chi connectivity index (χ4v) is 4.51. The van der Waals surface area contributed by atoms with Crippen LogP contribution < -0.4 is 4.90 Å². The van der Waals surface area contributed by atoms with Gasteiger partial charge >= 0.3 is 0 Å². The van der Waals surface area contributed by atoms with Crippen LogP contribution in [-0.2, 0) is 5.54 Å². The predicted octanol–water partition coefficient (Wildman–Crippen LogP) is 4.74. The van der Waals surface area contributed by atoms with Crippen LogP contribution in [0, 0.1) is 6.92 Å². The molecule has 108 valence electrons. The van der Waals surface area contributed by atoms with E-state index in [0.29, 0.717) is 6.04 Å². The first-order valence-corrected chi connectivity index (χ1v) is 8.04. The number of hydrogen-bond acceptors (Lipinski definition) is 2. The number of anilines is 1. The monoisotopic (exact) mass is 278 g/mol. The summed E-state index contributed by atoms with van der Waals surface area (Å²) in [5, 5.41) is 0. The lowest BCUT2D eigenvalue weighted by Gasteiger charge is -2.41. The van der Waals surface area contributed by atoms with Gasteiger partial charge in [0.15, 0.2) is 0 Å². The molecule has 0 saturated heterocycles. The van der Waals surface area contributed by atoms with Crippen molar-refractivity contribution >= 4 is 5.69 Å². The van der Waals surface area contributed by atoms with Gasteiger partial charge in [-0.05, 0) is 44.4 Å². The molecule has 21 heavy (non-hydrogen) atoms. The molecule has 1 fully saturated rings. The van der Waals surface area contributed by atoms with Crippen LogP contribution in [0.15, 0.2) is 42.6 Å². The molecule has 1 aromatic carbocycles. The van der Waals surface area contributed by atoms with Crippen molar-refractivity contribution in [1.29, 1.82) is 0 Å². The summed E-state index contributed by atoms with van der Waals surface area (Å²) in [6, 6.07) is 13.6. The number of aryl methyl sites for hydroxylation is 1. The summed E-state index contributed by atoms with van der Waals surface area (Å²) < 4.78 is 0. The lowest BCUT2D eigenvalue weighted by atomic mass is 9.88. The van der Waals surface area contributed by atoms with Gasteiger partial charge in [-0.25, -0.2) is 0 Å². The van der Waals surface area contributed by atoms with Gasteiger partial charge in [-0.2, -0.15) is 0 Å². The van der Waals surface area contributed by atoms with Crippen LogP contribution in [-0.4, -0.2) is 4.98 Å². The molecule has 0 amide bonds. The van der Waals surface area contributed by atoms with E-state index in [1.54, 1.807) is 0 Å². The van der Waals surface area contributed by atoms with Gasteiger partial charge in [0, 0.05) is 17.4 Å². The molecule has 1 spiro atoms. The average molecular weight is 278 g/mol. The number of fused-ring (bicyclic) bond motifs is 2. The summed E-state index contributed by atoms with van der Waals surface area (Å²) in [5.41, 5.74) is 5.67. The number of rotatable bonds is 1. The van der Waals surface area contributed by atoms with E-state index in [2.05, 4.69) is 55.1 Å². The Morgan fingerprint density at radius 1 is 1.10 bits per heavy atom. The van der Waals surface area contributed by atoms with Crippen LogP contribution in [0.4, 0.5) is 5.69 Å². The summed E-state index contributed by atoms with van der Waals surface area (Å²) in [6.07, 6.45) is 7.10. The lowest BCUT2D eigenvalue weighted by Crippen LogP contribution is -2.40. The quantitative estimate of drug-likeness (QED) is 0.749. The van der Waals surface area contributed by atoms with Crippen LogP contribution in [0.1, 0.15) is 55.5 Å². The molecular weight excluding hydrogens is 256 g/mol. The maximum absolute atomic E-state index is 4.72. The maximum atomic E-state index is 4.72. The molecular formula is C19H22N2. The standard InChI is InChI=1S/C19H22N2/c1-14-8-3-4-10-17(14)21-15(2)18-16(9-7-13-20-18)19(21)11-5-6-12-19/h3-4,7-10,13,15H,5-6,11-12H2,1-2H3. The maximum Gasteiger partial charge on any atom is 0.0698 e. The summed E-state index contributed by atoms with van der Waals surface area (Å²) in [7, 11) is 0. The normalized spacial score (nSPS) is 22.8. The van der Waals surface area contributed by atoms with Gasteiger partial charge < -0.3 is 4.90 Å². The van der Waals surface area contributed by atoms with Crippen molar-refractivity contribution in [2.75, 3.05) is 4.90 Å². The van der Waals surface area contributed by atoms with Crippen molar-refractivity contribution < 1.29 is 0 Å². The molecule has 1 unspecified atom stereocenters. The largest absolute Gasteiger partial charge is 0.353 e. The zero-order chi connectivity index (χ0) is 14.4. The van der Waals surface area contributed by atoms with Crippen LogP contribution in [0.3, 0.4) is 0 Å². The van der Waals surface area contributed by atoms with E-state index in [9.17, 15) is 0 Å². The van der Waals surface area contributed by atoms with Gasteiger partial charge in [0.2, 0.25) is 0 Å². The molecule has 0 bridgehead atoms. The van der Waals surface area contributed by atoms with Crippen molar-refractivity contribution in [1.82, 2.24) is 4.98 Å². The van der Waals surface area contributed by atoms with Gasteiger partial charge in [-0.15, -0.1) is 0 Å². The Kier molecular flexibility index (Phi) is 2.81. The fourth-order valence-electron chi connectivity index (χ4n) is 4.51. The zero-order valence-electron chi connectivity index (χ0n) is 12.8. The highest BCUT2D eigenvalue weighted by molar-refractivity contribution is 5.62. The van der Waals surface area contributed by atoms with Gasteiger partial charge in [0.25, 0.3) is 0 Å². The third kappa shape index (κ3) is 1.68. The second-order valence-electron chi connectivity index (χ2n) is 6.51. The van der Waals surface area contributed by atoms with Crippen molar-refractivity contribution in [3.05, 3.63) is 59.4 Å². The first kappa shape index (κ1) is 12.9. The molecule has 2 nitrogen and oxygen atoms in total. The zero-order valence-corrected chi connectivity index (χ0v) is 12.8. The molecule has 1 aliphatic carbocycles. The average Bonchev–Trinajstić information content (AvgIpc) is 3.07. The van der Waals surface area contributed by atoms with Crippen molar-refractivity contribution in [3.8, 4) is 0 Å². The number of benzene rings is 1. The van der Waals surface area contributed by atoms with E-state index < -0.39 is 0 Å². The predicted molar refractivity (Wildman–Crippen MR) is 86.5 cm³/mol. The third-order valence-corrected chi connectivity index (χ3v) is 5.39. The summed E-state index contributed by atoms with van der Waals surface area (Å²) in [4.78, 5) is 7.38. The second-order valence-corrected chi connectivity index (χ2v) is 6.51. The molecule has 0 N–H and O–H groups in total. The minimum Gasteiger partial charge on any atom is -0.353 e. The number of para-hydroxylation sites is 1. The summed E-state index contributed by atoms with van der Waals surface area (Å²) >= 11 is 0. The lowest BCUT2D eigenvalue weighted by molar-refractivity contribution is 0.416. The fraction of sp³-hybridized carbons (Fsp3) is 0.421. The Morgan fingerprint density at radius 2 is 1.86 bits per heavy atom. The minimum absolute atomic E-state index is 0.176. The topological polar surface area (TPSA) is 16.1 Å². The highest BCUT2D eigenvalue weighted by atomic mass is 15.3. The molecule has 1 saturated carbocycles. The van der Waals surface area contributed by atoms with Gasteiger partial charge in [0.05, 0.1) is 17.3 Å². The molecule has 2 aliphatic rings. The summed E-state index contributed by atoms with van der Waals surface area (Å²) in [5.74, 6) is 0. The summed E-state index contributed by atoms with van der Waals surface area (Å²) in [6.45, 7) is 4.53. The second kappa shape index (κ2) is 4.59. The van der Waals surface area contributed by atoms with E-state index in [-0.39, 0.29) is 5.54 Å². The Balaban J connectivity index is 1.93. The number of hydrogen-bond donors (Lipinski definition) is 0. The van der Waals surface area contributed by atoms with E-state index in [1.807, 2.05) is 6.20 Å². The third-order valence-electron chi connectivity index (χ3n) is 5.39. The van der Waals surface area contributed by atoms with E-state index >= 15 is 0 Å².